The first-order valence-corrected chi connectivity index (χ1v) is 7.30. The highest BCUT2D eigenvalue weighted by Gasteiger charge is 2.34. The summed E-state index contributed by atoms with van der Waals surface area (Å²) in [6.45, 7) is 0. The molecule has 1 heterocycles. The molecule has 1 aromatic rings. The fourth-order valence-corrected chi connectivity index (χ4v) is 3.06. The first-order chi connectivity index (χ1) is 10.8. The van der Waals surface area contributed by atoms with Crippen molar-refractivity contribution in [3.63, 3.8) is 0 Å². The molecule has 2 atom stereocenters. The Bertz CT molecular complexity index is 659. The van der Waals surface area contributed by atoms with Crippen LogP contribution in [0.25, 0.3) is 0 Å². The summed E-state index contributed by atoms with van der Waals surface area (Å²) in [5.74, 6) is 0.282. The zero-order valence-electron chi connectivity index (χ0n) is 12.7. The van der Waals surface area contributed by atoms with Crippen molar-refractivity contribution >= 4 is 41.4 Å². The van der Waals surface area contributed by atoms with Crippen LogP contribution in [0.2, 0.25) is 0 Å². The van der Waals surface area contributed by atoms with Gasteiger partial charge in [-0.05, 0) is 6.07 Å². The third-order valence-corrected chi connectivity index (χ3v) is 4.37. The van der Waals surface area contributed by atoms with E-state index in [2.05, 4.69) is 16.4 Å². The van der Waals surface area contributed by atoms with Gasteiger partial charge in [-0.15, -0.1) is 12.4 Å². The van der Waals surface area contributed by atoms with E-state index in [4.69, 9.17) is 5.41 Å². The molecule has 1 aromatic carbocycles. The highest BCUT2D eigenvalue weighted by atomic mass is 35.5. The van der Waals surface area contributed by atoms with Crippen molar-refractivity contribution in [1.29, 1.82) is 5.41 Å². The normalized spacial score (nSPS) is 19.4. The smallest absolute Gasteiger partial charge is 0.289 e. The topological polar surface area (TPSA) is 149 Å². The summed E-state index contributed by atoms with van der Waals surface area (Å²) in [4.78, 5) is 22.5. The van der Waals surface area contributed by atoms with Crippen molar-refractivity contribution < 1.29 is 9.85 Å². The van der Waals surface area contributed by atoms with Crippen molar-refractivity contribution in [2.24, 2.45) is 0 Å². The van der Waals surface area contributed by atoms with Gasteiger partial charge in [0.25, 0.3) is 11.4 Å². The Hall–Kier alpha value is -1.99. The molecule has 24 heavy (non-hydrogen) atoms. The number of non-ortho nitro benzene ring substituents is 1. The zero-order chi connectivity index (χ0) is 17.1. The summed E-state index contributed by atoms with van der Waals surface area (Å²) in [6.07, 6.45) is 0. The second-order valence-corrected chi connectivity index (χ2v) is 6.06. The fraction of sp³-hybridized carbons (Fsp3) is 0.364. The van der Waals surface area contributed by atoms with Crippen LogP contribution in [-0.4, -0.2) is 46.1 Å². The quantitative estimate of drug-likeness (QED) is 0.253. The largest absolute Gasteiger partial charge is 0.365 e. The summed E-state index contributed by atoms with van der Waals surface area (Å²) >= 11 is 1.11. The average Bonchev–Trinajstić information content (AvgIpc) is 2.94. The number of nitro benzene ring substituents is 2. The second kappa shape index (κ2) is 8.21. The number of thioether (sulfide) groups is 1. The Balaban J connectivity index is 0.00000288. The number of hydrazine groups is 2. The number of rotatable bonds is 5. The highest BCUT2D eigenvalue weighted by Crippen LogP contribution is 2.35. The van der Waals surface area contributed by atoms with Crippen LogP contribution in [0, 0.1) is 25.6 Å². The lowest BCUT2D eigenvalue weighted by Gasteiger charge is -2.23. The van der Waals surface area contributed by atoms with Crippen LogP contribution in [0.4, 0.5) is 11.4 Å². The van der Waals surface area contributed by atoms with E-state index >= 15 is 0 Å². The van der Waals surface area contributed by atoms with E-state index in [1.54, 1.807) is 19.0 Å². The van der Waals surface area contributed by atoms with Gasteiger partial charge in [0.05, 0.1) is 26.2 Å². The maximum Gasteiger partial charge on any atom is 0.289 e. The van der Waals surface area contributed by atoms with Crippen molar-refractivity contribution in [2.75, 3.05) is 14.1 Å². The lowest BCUT2D eigenvalue weighted by Crippen LogP contribution is -2.45. The highest BCUT2D eigenvalue weighted by molar-refractivity contribution is 8.00. The average molecular weight is 378 g/mol. The third-order valence-electron chi connectivity index (χ3n) is 3.13. The van der Waals surface area contributed by atoms with Gasteiger partial charge < -0.3 is 4.90 Å². The molecule has 13 heteroatoms. The first kappa shape index (κ1) is 20.1. The molecule has 0 aromatic heterocycles. The molecule has 1 fully saturated rings. The Labute approximate surface area is 147 Å². The molecule has 0 aliphatic carbocycles. The summed E-state index contributed by atoms with van der Waals surface area (Å²) in [5.41, 5.74) is 7.74. The van der Waals surface area contributed by atoms with Gasteiger partial charge in [-0.3, -0.25) is 25.6 Å². The minimum atomic E-state index is -0.678. The van der Waals surface area contributed by atoms with E-state index < -0.39 is 21.3 Å². The zero-order valence-corrected chi connectivity index (χ0v) is 14.3. The molecule has 2 unspecified atom stereocenters. The molecule has 132 valence electrons. The second-order valence-electron chi connectivity index (χ2n) is 4.88. The summed E-state index contributed by atoms with van der Waals surface area (Å²) in [5, 5.41) is 29.5. The van der Waals surface area contributed by atoms with E-state index in [-0.39, 0.29) is 34.5 Å². The molecule has 0 saturated carbocycles. The minimum Gasteiger partial charge on any atom is -0.365 e. The third kappa shape index (κ3) is 4.30. The fourth-order valence-electron chi connectivity index (χ4n) is 1.94. The number of amidine groups is 1. The van der Waals surface area contributed by atoms with Crippen LogP contribution in [0.15, 0.2) is 23.1 Å². The monoisotopic (exact) mass is 377 g/mol. The van der Waals surface area contributed by atoms with Crippen molar-refractivity contribution in [3.05, 3.63) is 38.4 Å². The van der Waals surface area contributed by atoms with Gasteiger partial charge in [0.2, 0.25) is 0 Å². The minimum absolute atomic E-state index is 0. The number of nitro groups is 2. The molecule has 0 bridgehead atoms. The molecule has 1 saturated heterocycles. The van der Waals surface area contributed by atoms with Gasteiger partial charge in [0.1, 0.15) is 11.9 Å². The summed E-state index contributed by atoms with van der Waals surface area (Å²) < 4.78 is 0. The predicted octanol–water partition coefficient (Wildman–Crippen LogP) is 0.863. The molecule has 4 N–H and O–H groups in total. The van der Waals surface area contributed by atoms with Crippen molar-refractivity contribution in [2.45, 2.75) is 16.3 Å². The molecule has 0 radical (unpaired) electrons. The molecular formula is C11H16ClN7O4S. The molecule has 1 aliphatic rings. The van der Waals surface area contributed by atoms with Crippen LogP contribution in [0.5, 0.6) is 0 Å². The van der Waals surface area contributed by atoms with Gasteiger partial charge in [-0.1, -0.05) is 11.8 Å². The molecule has 11 nitrogen and oxygen atoms in total. The lowest BCUT2D eigenvalue weighted by molar-refractivity contribution is -0.396. The SMILES string of the molecule is CN(C)C(=N)C1NNNC1Sc1ccc([N+](=O)[O-])cc1[N+](=O)[O-].Cl. The Morgan fingerprint density at radius 3 is 2.46 bits per heavy atom. The van der Waals surface area contributed by atoms with E-state index in [0.29, 0.717) is 0 Å². The Kier molecular flexibility index (Phi) is 6.86. The van der Waals surface area contributed by atoms with E-state index in [9.17, 15) is 20.2 Å². The van der Waals surface area contributed by atoms with Crippen LogP contribution < -0.4 is 16.4 Å². The molecular weight excluding hydrogens is 362 g/mol. The van der Waals surface area contributed by atoms with Gasteiger partial charge in [-0.2, -0.15) is 5.53 Å². The van der Waals surface area contributed by atoms with E-state index in [1.165, 1.54) is 12.1 Å². The number of halogens is 1. The van der Waals surface area contributed by atoms with E-state index in [1.807, 2.05) is 0 Å². The molecule has 2 rings (SSSR count). The number of nitrogens with one attached hydrogen (secondary N) is 4. The molecule has 1 aliphatic heterocycles. The van der Waals surface area contributed by atoms with Crippen LogP contribution in [-0.2, 0) is 0 Å². The van der Waals surface area contributed by atoms with Crippen molar-refractivity contribution in [1.82, 2.24) is 21.3 Å². The van der Waals surface area contributed by atoms with Crippen molar-refractivity contribution in [3.8, 4) is 0 Å². The lowest BCUT2D eigenvalue weighted by atomic mass is 10.2. The van der Waals surface area contributed by atoms with Gasteiger partial charge >= 0.3 is 0 Å². The Morgan fingerprint density at radius 1 is 1.25 bits per heavy atom. The van der Waals surface area contributed by atoms with Crippen LogP contribution >= 0.6 is 24.2 Å². The number of nitrogens with zero attached hydrogens (tertiary/aromatic N) is 3. The number of likely N-dealkylation sites (N-methyl/N-ethyl adjacent to an activating group) is 1. The first-order valence-electron chi connectivity index (χ1n) is 6.42. The maximum absolute atomic E-state index is 11.2. The Morgan fingerprint density at radius 2 is 1.92 bits per heavy atom. The summed E-state index contributed by atoms with van der Waals surface area (Å²) in [6, 6.07) is 3.07. The predicted molar refractivity (Wildman–Crippen MR) is 91.3 cm³/mol. The summed E-state index contributed by atoms with van der Waals surface area (Å²) in [7, 11) is 3.44. The standard InChI is InChI=1S/C11H15N7O4S.ClH/c1-16(2)10(12)9-11(14-15-13-9)23-8-4-3-6(17(19)20)5-7(8)18(21)22;/h3-5,9,11-15H,1-2H3;1H. The van der Waals surface area contributed by atoms with E-state index in [0.717, 1.165) is 17.8 Å². The molecule has 0 amide bonds. The van der Waals surface area contributed by atoms with Gasteiger partial charge in [-0.25, -0.2) is 10.9 Å². The number of hydrogen-bond acceptors (Lipinski definition) is 9. The van der Waals surface area contributed by atoms with Gasteiger partial charge in [0.15, 0.2) is 0 Å². The maximum atomic E-state index is 11.2. The number of hydrogen-bond donors (Lipinski definition) is 4. The molecule has 0 spiro atoms. The van der Waals surface area contributed by atoms with Crippen LogP contribution in [0.3, 0.4) is 0 Å². The number of benzene rings is 1. The van der Waals surface area contributed by atoms with Gasteiger partial charge in [0, 0.05) is 20.2 Å². The van der Waals surface area contributed by atoms with Crippen LogP contribution in [0.1, 0.15) is 0 Å².